The molecule has 2 aromatic rings. The molecule has 0 atom stereocenters. The maximum Gasteiger partial charge on any atom is 0.282 e. The molecule has 2 aromatic carbocycles. The number of nitro benzene ring substituents is 1. The van der Waals surface area contributed by atoms with Crippen molar-refractivity contribution in [1.82, 2.24) is 4.90 Å². The van der Waals surface area contributed by atoms with Crippen LogP contribution in [0.1, 0.15) is 33.6 Å². The van der Waals surface area contributed by atoms with Gasteiger partial charge < -0.3 is 4.90 Å². The highest BCUT2D eigenvalue weighted by Gasteiger charge is 2.31. The van der Waals surface area contributed by atoms with Crippen LogP contribution in [-0.4, -0.2) is 40.9 Å². The fraction of sp³-hybridized carbons (Fsp3) is 0.300. The second kappa shape index (κ2) is 9.15. The fourth-order valence-corrected chi connectivity index (χ4v) is 4.11. The Morgan fingerprint density at radius 3 is 2.38 bits per heavy atom. The smallest absolute Gasteiger partial charge is 0.282 e. The average molecular weight is 453 g/mol. The summed E-state index contributed by atoms with van der Waals surface area (Å²) in [5, 5.41) is 12.0. The van der Waals surface area contributed by atoms with Crippen LogP contribution in [-0.2, 0) is 0 Å². The molecule has 0 spiro atoms. The number of nitro groups is 1. The van der Waals surface area contributed by atoms with Gasteiger partial charge in [-0.1, -0.05) is 23.2 Å². The predicted molar refractivity (Wildman–Crippen MR) is 114 cm³/mol. The number of nitrogens with zero attached hydrogens (tertiary/aromatic N) is 2. The first-order chi connectivity index (χ1) is 13.8. The predicted octanol–water partition coefficient (Wildman–Crippen LogP) is 5.36. The molecule has 0 bridgehead atoms. The molecule has 1 heterocycles. The van der Waals surface area contributed by atoms with Crippen LogP contribution >= 0.6 is 35.0 Å². The van der Waals surface area contributed by atoms with Crippen molar-refractivity contribution >= 4 is 52.3 Å². The average Bonchev–Trinajstić information content (AvgIpc) is 2.74. The highest BCUT2D eigenvalue weighted by atomic mass is 35.5. The third-order valence-electron chi connectivity index (χ3n) is 4.99. The van der Waals surface area contributed by atoms with Gasteiger partial charge in [0.05, 0.1) is 15.0 Å². The minimum Gasteiger partial charge on any atom is -0.338 e. The Labute approximate surface area is 182 Å². The standard InChI is InChI=1S/C20H18Cl2N2O4S/c1-29-14-3-5-18(24(27)28)15(11-14)20(26)23-8-6-12(7-9-23)19(25)13-2-4-16(21)17(22)10-13/h2-5,10-12H,6-9H2,1H3. The first kappa shape index (κ1) is 21.6. The second-order valence-electron chi connectivity index (χ2n) is 6.70. The molecule has 152 valence electrons. The van der Waals surface area contributed by atoms with Crippen LogP contribution < -0.4 is 0 Å². The molecule has 3 rings (SSSR count). The number of carbonyl (C=O) groups excluding carboxylic acids is 2. The molecule has 0 saturated carbocycles. The van der Waals surface area contributed by atoms with Crippen molar-refractivity contribution in [2.24, 2.45) is 5.92 Å². The zero-order chi connectivity index (χ0) is 21.1. The molecule has 0 aliphatic carbocycles. The molecule has 9 heteroatoms. The van der Waals surface area contributed by atoms with Crippen LogP contribution in [0.5, 0.6) is 0 Å². The summed E-state index contributed by atoms with van der Waals surface area (Å²) in [5.41, 5.74) is 0.366. The Morgan fingerprint density at radius 2 is 1.79 bits per heavy atom. The number of rotatable bonds is 5. The topological polar surface area (TPSA) is 80.5 Å². The van der Waals surface area contributed by atoms with E-state index in [1.807, 2.05) is 6.26 Å². The molecule has 0 N–H and O–H groups in total. The normalized spacial score (nSPS) is 14.7. The van der Waals surface area contributed by atoms with Crippen LogP contribution in [0.3, 0.4) is 0 Å². The third kappa shape index (κ3) is 4.74. The van der Waals surface area contributed by atoms with Gasteiger partial charge in [-0.2, -0.15) is 0 Å². The van der Waals surface area contributed by atoms with Crippen LogP contribution in [0.15, 0.2) is 41.3 Å². The molecule has 1 saturated heterocycles. The molecule has 1 aliphatic rings. The van der Waals surface area contributed by atoms with Gasteiger partial charge in [-0.05, 0) is 49.4 Å². The van der Waals surface area contributed by atoms with Gasteiger partial charge in [-0.3, -0.25) is 19.7 Å². The zero-order valence-corrected chi connectivity index (χ0v) is 17.9. The van der Waals surface area contributed by atoms with E-state index in [1.54, 1.807) is 35.2 Å². The molecule has 0 aromatic heterocycles. The number of benzene rings is 2. The summed E-state index contributed by atoms with van der Waals surface area (Å²) in [6.07, 6.45) is 2.82. The maximum atomic E-state index is 12.9. The Bertz CT molecular complexity index is 975. The lowest BCUT2D eigenvalue weighted by Crippen LogP contribution is -2.40. The molecule has 0 radical (unpaired) electrons. The van der Waals surface area contributed by atoms with Gasteiger partial charge in [0.1, 0.15) is 5.56 Å². The Morgan fingerprint density at radius 1 is 1.10 bits per heavy atom. The third-order valence-corrected chi connectivity index (χ3v) is 6.45. The van der Waals surface area contributed by atoms with Crippen LogP contribution in [0.4, 0.5) is 5.69 Å². The summed E-state index contributed by atoms with van der Waals surface area (Å²) in [5.74, 6) is -0.650. The van der Waals surface area contributed by atoms with Crippen LogP contribution in [0.25, 0.3) is 0 Å². The Hall–Kier alpha value is -2.09. The number of halogens is 2. The van der Waals surface area contributed by atoms with Gasteiger partial charge in [0, 0.05) is 35.5 Å². The number of hydrogen-bond acceptors (Lipinski definition) is 5. The minimum absolute atomic E-state index is 0.0361. The van der Waals surface area contributed by atoms with Gasteiger partial charge in [0.15, 0.2) is 5.78 Å². The number of likely N-dealkylation sites (tertiary alicyclic amines) is 1. The quantitative estimate of drug-likeness (QED) is 0.264. The molecular weight excluding hydrogens is 435 g/mol. The number of amides is 1. The van der Waals surface area contributed by atoms with Gasteiger partial charge in [-0.25, -0.2) is 0 Å². The highest BCUT2D eigenvalue weighted by Crippen LogP contribution is 2.30. The number of carbonyl (C=O) groups is 2. The monoisotopic (exact) mass is 452 g/mol. The van der Waals surface area contributed by atoms with Crippen molar-refractivity contribution < 1.29 is 14.5 Å². The van der Waals surface area contributed by atoms with Crippen molar-refractivity contribution in [2.75, 3.05) is 19.3 Å². The number of thioether (sulfide) groups is 1. The largest absolute Gasteiger partial charge is 0.338 e. The van der Waals surface area contributed by atoms with E-state index in [1.165, 1.54) is 17.8 Å². The van der Waals surface area contributed by atoms with E-state index in [-0.39, 0.29) is 28.9 Å². The maximum absolute atomic E-state index is 12.9. The number of ketones is 1. The second-order valence-corrected chi connectivity index (χ2v) is 8.39. The van der Waals surface area contributed by atoms with E-state index in [4.69, 9.17) is 23.2 Å². The Kier molecular flexibility index (Phi) is 6.82. The van der Waals surface area contributed by atoms with Crippen molar-refractivity contribution in [2.45, 2.75) is 17.7 Å². The van der Waals surface area contributed by atoms with Crippen molar-refractivity contribution in [3.8, 4) is 0 Å². The molecule has 29 heavy (non-hydrogen) atoms. The lowest BCUT2D eigenvalue weighted by Gasteiger charge is -2.31. The van der Waals surface area contributed by atoms with Crippen LogP contribution in [0.2, 0.25) is 10.0 Å². The van der Waals surface area contributed by atoms with Crippen molar-refractivity contribution in [3.63, 3.8) is 0 Å². The first-order valence-electron chi connectivity index (χ1n) is 8.92. The lowest BCUT2D eigenvalue weighted by atomic mass is 9.88. The Balaban J connectivity index is 1.72. The van der Waals surface area contributed by atoms with E-state index in [0.717, 1.165) is 4.90 Å². The van der Waals surface area contributed by atoms with Crippen LogP contribution in [0, 0.1) is 16.0 Å². The summed E-state index contributed by atoms with van der Waals surface area (Å²) < 4.78 is 0. The summed E-state index contributed by atoms with van der Waals surface area (Å²) >= 11 is 13.3. The zero-order valence-electron chi connectivity index (χ0n) is 15.6. The number of hydrogen-bond donors (Lipinski definition) is 0. The molecule has 6 nitrogen and oxygen atoms in total. The van der Waals surface area contributed by atoms with E-state index < -0.39 is 4.92 Å². The first-order valence-corrected chi connectivity index (χ1v) is 10.9. The van der Waals surface area contributed by atoms with E-state index in [0.29, 0.717) is 41.5 Å². The summed E-state index contributed by atoms with van der Waals surface area (Å²) in [7, 11) is 0. The molecule has 1 aliphatic heterocycles. The van der Waals surface area contributed by atoms with Gasteiger partial charge >= 0.3 is 0 Å². The van der Waals surface area contributed by atoms with Gasteiger partial charge in [0.2, 0.25) is 0 Å². The van der Waals surface area contributed by atoms with E-state index in [2.05, 4.69) is 0 Å². The summed E-state index contributed by atoms with van der Waals surface area (Å²) in [6, 6.07) is 9.33. The molecule has 0 unspecified atom stereocenters. The molecule has 1 fully saturated rings. The fourth-order valence-electron chi connectivity index (χ4n) is 3.37. The molecular formula is C20H18Cl2N2O4S. The molecule has 1 amide bonds. The lowest BCUT2D eigenvalue weighted by molar-refractivity contribution is -0.385. The van der Waals surface area contributed by atoms with Gasteiger partial charge in [-0.15, -0.1) is 11.8 Å². The van der Waals surface area contributed by atoms with E-state index in [9.17, 15) is 19.7 Å². The number of Topliss-reactive ketones (excluding diaryl/α,β-unsaturated/α-hetero) is 1. The van der Waals surface area contributed by atoms with Crippen molar-refractivity contribution in [3.05, 3.63) is 67.7 Å². The van der Waals surface area contributed by atoms with E-state index >= 15 is 0 Å². The van der Waals surface area contributed by atoms with Crippen molar-refractivity contribution in [1.29, 1.82) is 0 Å². The number of piperidine rings is 1. The van der Waals surface area contributed by atoms with Gasteiger partial charge in [0.25, 0.3) is 11.6 Å². The minimum atomic E-state index is -0.544. The highest BCUT2D eigenvalue weighted by molar-refractivity contribution is 7.98. The summed E-state index contributed by atoms with van der Waals surface area (Å²) in [4.78, 5) is 38.8. The SMILES string of the molecule is CSc1ccc([N+](=O)[O-])c(C(=O)N2CCC(C(=O)c3ccc(Cl)c(Cl)c3)CC2)c1. The summed E-state index contributed by atoms with van der Waals surface area (Å²) in [6.45, 7) is 0.717.